The van der Waals surface area contributed by atoms with E-state index in [-0.39, 0.29) is 23.5 Å². The molecule has 3 amide bonds. The van der Waals surface area contributed by atoms with Gasteiger partial charge in [0, 0.05) is 64.8 Å². The highest BCUT2D eigenvalue weighted by Crippen LogP contribution is 2.11. The van der Waals surface area contributed by atoms with Crippen molar-refractivity contribution >= 4 is 17.7 Å². The van der Waals surface area contributed by atoms with E-state index in [1.165, 1.54) is 24.3 Å². The molecule has 0 saturated carbocycles. The van der Waals surface area contributed by atoms with E-state index >= 15 is 0 Å². The molecule has 1 aromatic rings. The highest BCUT2D eigenvalue weighted by molar-refractivity contribution is 5.94. The van der Waals surface area contributed by atoms with Gasteiger partial charge in [0.2, 0.25) is 11.8 Å². The first-order valence-corrected chi connectivity index (χ1v) is 9.24. The molecule has 2 heterocycles. The van der Waals surface area contributed by atoms with Crippen LogP contribution >= 0.6 is 0 Å². The second kappa shape index (κ2) is 8.47. The maximum atomic E-state index is 13.0. The lowest BCUT2D eigenvalue weighted by Crippen LogP contribution is -2.54. The molecule has 2 aliphatic heterocycles. The summed E-state index contributed by atoms with van der Waals surface area (Å²) < 4.78 is 13.0. The molecule has 0 aromatic heterocycles. The van der Waals surface area contributed by atoms with Crippen LogP contribution in [0.5, 0.6) is 0 Å². The third-order valence-electron chi connectivity index (χ3n) is 5.19. The Kier molecular flexibility index (Phi) is 6.05. The molecule has 0 aliphatic carbocycles. The number of hydrogen-bond acceptors (Lipinski definition) is 4. The highest BCUT2D eigenvalue weighted by Gasteiger charge is 2.27. The van der Waals surface area contributed by atoms with Gasteiger partial charge in [-0.15, -0.1) is 0 Å². The van der Waals surface area contributed by atoms with Crippen LogP contribution in [0.25, 0.3) is 0 Å². The molecule has 0 radical (unpaired) electrons. The van der Waals surface area contributed by atoms with Gasteiger partial charge < -0.3 is 14.7 Å². The van der Waals surface area contributed by atoms with Crippen molar-refractivity contribution in [3.63, 3.8) is 0 Å². The van der Waals surface area contributed by atoms with Crippen LogP contribution in [0.15, 0.2) is 24.3 Å². The predicted molar refractivity (Wildman–Crippen MR) is 97.6 cm³/mol. The number of nitrogens with zero attached hydrogens (tertiary/aromatic N) is 4. The SMILES string of the molecule is CC(=O)N1CCN(C(=O)CN2CCN(C(=O)c3ccc(F)cc3)CC2)CC1. The number of carbonyl (C=O) groups excluding carboxylic acids is 3. The highest BCUT2D eigenvalue weighted by atomic mass is 19.1. The summed E-state index contributed by atoms with van der Waals surface area (Å²) in [6.45, 7) is 6.54. The van der Waals surface area contributed by atoms with E-state index < -0.39 is 0 Å². The number of rotatable bonds is 3. The van der Waals surface area contributed by atoms with Crippen molar-refractivity contribution in [3.05, 3.63) is 35.6 Å². The number of piperazine rings is 2. The van der Waals surface area contributed by atoms with E-state index in [4.69, 9.17) is 0 Å². The van der Waals surface area contributed by atoms with Gasteiger partial charge >= 0.3 is 0 Å². The van der Waals surface area contributed by atoms with E-state index in [1.54, 1.807) is 21.6 Å². The molecule has 7 nitrogen and oxygen atoms in total. The average Bonchev–Trinajstić information content (AvgIpc) is 2.68. The van der Waals surface area contributed by atoms with Gasteiger partial charge in [-0.3, -0.25) is 19.3 Å². The first kappa shape index (κ1) is 19.3. The van der Waals surface area contributed by atoms with Crippen LogP contribution in [0.4, 0.5) is 4.39 Å². The van der Waals surface area contributed by atoms with Crippen molar-refractivity contribution in [2.45, 2.75) is 6.92 Å². The Hall–Kier alpha value is -2.48. The zero-order valence-electron chi connectivity index (χ0n) is 15.6. The van der Waals surface area contributed by atoms with Crippen LogP contribution < -0.4 is 0 Å². The van der Waals surface area contributed by atoms with Crippen LogP contribution in [0, 0.1) is 5.82 Å². The molecule has 0 spiro atoms. The molecule has 1 aromatic carbocycles. The molecule has 27 heavy (non-hydrogen) atoms. The van der Waals surface area contributed by atoms with Crippen LogP contribution in [0.3, 0.4) is 0 Å². The summed E-state index contributed by atoms with van der Waals surface area (Å²) in [7, 11) is 0. The van der Waals surface area contributed by atoms with Gasteiger partial charge in [-0.2, -0.15) is 0 Å². The molecule has 146 valence electrons. The molecule has 0 atom stereocenters. The van der Waals surface area contributed by atoms with Crippen molar-refractivity contribution in [1.82, 2.24) is 19.6 Å². The minimum absolute atomic E-state index is 0.0454. The van der Waals surface area contributed by atoms with Crippen LogP contribution in [-0.4, -0.2) is 96.2 Å². The zero-order valence-corrected chi connectivity index (χ0v) is 15.6. The quantitative estimate of drug-likeness (QED) is 0.760. The fourth-order valence-corrected chi connectivity index (χ4v) is 3.45. The third-order valence-corrected chi connectivity index (χ3v) is 5.19. The number of amides is 3. The summed E-state index contributed by atoms with van der Waals surface area (Å²) in [6, 6.07) is 5.56. The zero-order chi connectivity index (χ0) is 19.4. The van der Waals surface area contributed by atoms with E-state index in [0.29, 0.717) is 64.5 Å². The first-order valence-electron chi connectivity index (χ1n) is 9.24. The molecule has 8 heteroatoms. The van der Waals surface area contributed by atoms with Gasteiger partial charge in [0.15, 0.2) is 0 Å². The monoisotopic (exact) mass is 376 g/mol. The van der Waals surface area contributed by atoms with Gasteiger partial charge in [0.05, 0.1) is 6.54 Å². The third kappa shape index (κ3) is 4.82. The molecule has 0 bridgehead atoms. The Morgan fingerprint density at radius 1 is 0.815 bits per heavy atom. The summed E-state index contributed by atoms with van der Waals surface area (Å²) in [5, 5.41) is 0. The van der Waals surface area contributed by atoms with Crippen LogP contribution in [0.1, 0.15) is 17.3 Å². The van der Waals surface area contributed by atoms with Gasteiger partial charge in [-0.05, 0) is 24.3 Å². The second-order valence-corrected chi connectivity index (χ2v) is 6.96. The Morgan fingerprint density at radius 2 is 1.33 bits per heavy atom. The summed E-state index contributed by atoms with van der Waals surface area (Å²) in [4.78, 5) is 43.6. The summed E-state index contributed by atoms with van der Waals surface area (Å²) in [6.07, 6.45) is 0. The lowest BCUT2D eigenvalue weighted by atomic mass is 10.1. The normalized spacial score (nSPS) is 18.5. The summed E-state index contributed by atoms with van der Waals surface area (Å²) >= 11 is 0. The Balaban J connectivity index is 1.44. The van der Waals surface area contributed by atoms with Gasteiger partial charge in [-0.25, -0.2) is 4.39 Å². The molecule has 2 fully saturated rings. The minimum atomic E-state index is -0.362. The predicted octanol–water partition coefficient (Wildman–Crippen LogP) is 0.274. The van der Waals surface area contributed by atoms with E-state index in [0.717, 1.165) is 0 Å². The summed E-state index contributed by atoms with van der Waals surface area (Å²) in [5.41, 5.74) is 0.476. The Labute approximate surface area is 158 Å². The molecule has 3 rings (SSSR count). The lowest BCUT2D eigenvalue weighted by Gasteiger charge is -2.37. The fourth-order valence-electron chi connectivity index (χ4n) is 3.45. The first-order chi connectivity index (χ1) is 12.9. The largest absolute Gasteiger partial charge is 0.339 e. The van der Waals surface area contributed by atoms with Crippen molar-refractivity contribution < 1.29 is 18.8 Å². The van der Waals surface area contributed by atoms with Crippen molar-refractivity contribution in [2.75, 3.05) is 58.9 Å². The maximum absolute atomic E-state index is 13.0. The molecular weight excluding hydrogens is 351 g/mol. The van der Waals surface area contributed by atoms with Gasteiger partial charge in [0.1, 0.15) is 5.82 Å². The number of halogens is 1. The number of benzene rings is 1. The molecule has 2 saturated heterocycles. The van der Waals surface area contributed by atoms with Crippen molar-refractivity contribution in [3.8, 4) is 0 Å². The topological polar surface area (TPSA) is 64.2 Å². The number of hydrogen-bond donors (Lipinski definition) is 0. The Bertz CT molecular complexity index is 693. The molecule has 0 unspecified atom stereocenters. The number of carbonyl (C=O) groups is 3. The molecule has 2 aliphatic rings. The second-order valence-electron chi connectivity index (χ2n) is 6.96. The van der Waals surface area contributed by atoms with Crippen LogP contribution in [-0.2, 0) is 9.59 Å². The summed E-state index contributed by atoms with van der Waals surface area (Å²) in [5.74, 6) is -0.360. The molecular formula is C19H25FN4O3. The smallest absolute Gasteiger partial charge is 0.253 e. The van der Waals surface area contributed by atoms with Crippen LogP contribution in [0.2, 0.25) is 0 Å². The van der Waals surface area contributed by atoms with Crippen molar-refractivity contribution in [1.29, 1.82) is 0 Å². The minimum Gasteiger partial charge on any atom is -0.339 e. The lowest BCUT2D eigenvalue weighted by molar-refractivity contribution is -0.139. The van der Waals surface area contributed by atoms with E-state index in [1.807, 2.05) is 4.90 Å². The standard InChI is InChI=1S/C19H25FN4O3/c1-15(25)22-10-12-23(13-11-22)18(26)14-21-6-8-24(9-7-21)19(27)16-2-4-17(20)5-3-16/h2-5H,6-14H2,1H3. The molecule has 0 N–H and O–H groups in total. The van der Waals surface area contributed by atoms with Gasteiger partial charge in [0.25, 0.3) is 5.91 Å². The van der Waals surface area contributed by atoms with E-state index in [2.05, 4.69) is 0 Å². The Morgan fingerprint density at radius 3 is 1.89 bits per heavy atom. The van der Waals surface area contributed by atoms with Crippen molar-refractivity contribution in [2.24, 2.45) is 0 Å². The van der Waals surface area contributed by atoms with E-state index in [9.17, 15) is 18.8 Å². The average molecular weight is 376 g/mol. The maximum Gasteiger partial charge on any atom is 0.253 e. The van der Waals surface area contributed by atoms with Gasteiger partial charge in [-0.1, -0.05) is 0 Å². The fraction of sp³-hybridized carbons (Fsp3) is 0.526.